The number of esters is 1. The Labute approximate surface area is 170 Å². The number of ether oxygens (including phenoxy) is 2. The maximum absolute atomic E-state index is 12.8. The maximum atomic E-state index is 12.8. The SMILES string of the molecule is CCOC(=O)c1c(C)oc2c1c1c(c3ccccc32)OC[NH+](C2CCCCC2)C1. The molecule has 0 saturated heterocycles. The van der Waals surface area contributed by atoms with E-state index in [0.717, 1.165) is 39.6 Å². The summed E-state index contributed by atoms with van der Waals surface area (Å²) in [6.45, 7) is 5.56. The second-order valence-electron chi connectivity index (χ2n) is 8.27. The van der Waals surface area contributed by atoms with Gasteiger partial charge in [-0.3, -0.25) is 4.90 Å². The Morgan fingerprint density at radius 1 is 1.17 bits per heavy atom. The molecule has 152 valence electrons. The predicted molar refractivity (Wildman–Crippen MR) is 111 cm³/mol. The molecule has 1 fully saturated rings. The van der Waals surface area contributed by atoms with Crippen LogP contribution in [0, 0.1) is 6.92 Å². The number of rotatable bonds is 3. The fraction of sp³-hybridized carbons (Fsp3) is 0.458. The van der Waals surface area contributed by atoms with E-state index in [9.17, 15) is 4.79 Å². The normalized spacial score (nSPS) is 19.9. The number of hydrogen-bond acceptors (Lipinski definition) is 4. The van der Waals surface area contributed by atoms with Gasteiger partial charge >= 0.3 is 5.97 Å². The zero-order valence-electron chi connectivity index (χ0n) is 17.2. The summed E-state index contributed by atoms with van der Waals surface area (Å²) in [6.07, 6.45) is 6.43. The van der Waals surface area contributed by atoms with Gasteiger partial charge in [0.05, 0.1) is 18.2 Å². The molecule has 3 aromatic rings. The van der Waals surface area contributed by atoms with Crippen LogP contribution in [0.25, 0.3) is 21.7 Å². The van der Waals surface area contributed by atoms with Crippen LogP contribution in [0.5, 0.6) is 5.75 Å². The molecule has 2 aromatic carbocycles. The average molecular weight is 394 g/mol. The lowest BCUT2D eigenvalue weighted by Gasteiger charge is -2.35. The highest BCUT2D eigenvalue weighted by Gasteiger charge is 2.35. The monoisotopic (exact) mass is 394 g/mol. The quantitative estimate of drug-likeness (QED) is 0.679. The van der Waals surface area contributed by atoms with Crippen LogP contribution in [0.4, 0.5) is 0 Å². The molecule has 2 heterocycles. The van der Waals surface area contributed by atoms with E-state index < -0.39 is 0 Å². The average Bonchev–Trinajstić information content (AvgIpc) is 3.12. The Morgan fingerprint density at radius 2 is 1.93 bits per heavy atom. The highest BCUT2D eigenvalue weighted by atomic mass is 16.5. The molecule has 5 heteroatoms. The largest absolute Gasteiger partial charge is 0.462 e. The first-order chi connectivity index (χ1) is 14.2. The highest BCUT2D eigenvalue weighted by molar-refractivity contribution is 6.16. The van der Waals surface area contributed by atoms with Crippen molar-refractivity contribution >= 4 is 27.7 Å². The fourth-order valence-electron chi connectivity index (χ4n) is 5.18. The van der Waals surface area contributed by atoms with E-state index in [-0.39, 0.29) is 5.97 Å². The van der Waals surface area contributed by atoms with Gasteiger partial charge in [0, 0.05) is 16.2 Å². The second-order valence-corrected chi connectivity index (χ2v) is 8.27. The van der Waals surface area contributed by atoms with Crippen LogP contribution in [0.2, 0.25) is 0 Å². The van der Waals surface area contributed by atoms with Gasteiger partial charge < -0.3 is 13.9 Å². The van der Waals surface area contributed by atoms with Crippen LogP contribution in [0.1, 0.15) is 60.7 Å². The van der Waals surface area contributed by atoms with Gasteiger partial charge in [-0.2, -0.15) is 0 Å². The van der Waals surface area contributed by atoms with E-state index in [1.807, 2.05) is 32.0 Å². The number of fused-ring (bicyclic) bond motifs is 6. The molecule has 29 heavy (non-hydrogen) atoms. The van der Waals surface area contributed by atoms with Crippen molar-refractivity contribution in [2.75, 3.05) is 13.3 Å². The van der Waals surface area contributed by atoms with Gasteiger partial charge in [0.2, 0.25) is 6.73 Å². The van der Waals surface area contributed by atoms with Crippen LogP contribution < -0.4 is 9.64 Å². The lowest BCUT2D eigenvalue weighted by Crippen LogP contribution is -3.16. The molecular formula is C24H28NO4+. The minimum absolute atomic E-state index is 0.314. The molecule has 1 unspecified atom stereocenters. The van der Waals surface area contributed by atoms with Crippen molar-refractivity contribution < 1.29 is 23.6 Å². The summed E-state index contributed by atoms with van der Waals surface area (Å²) in [6, 6.07) is 8.77. The molecule has 5 nitrogen and oxygen atoms in total. The number of furan rings is 1. The summed E-state index contributed by atoms with van der Waals surface area (Å²) >= 11 is 0. The Balaban J connectivity index is 1.72. The molecule has 0 amide bonds. The van der Waals surface area contributed by atoms with E-state index in [1.54, 1.807) is 0 Å². The van der Waals surface area contributed by atoms with E-state index >= 15 is 0 Å². The van der Waals surface area contributed by atoms with Crippen LogP contribution in [-0.2, 0) is 11.3 Å². The molecule has 1 N–H and O–H groups in total. The van der Waals surface area contributed by atoms with E-state index in [4.69, 9.17) is 13.9 Å². The predicted octanol–water partition coefficient (Wildman–Crippen LogP) is 4.14. The van der Waals surface area contributed by atoms with Crippen molar-refractivity contribution in [2.45, 2.75) is 58.5 Å². The first-order valence-corrected chi connectivity index (χ1v) is 10.8. The number of hydrogen-bond donors (Lipinski definition) is 1. The third-order valence-corrected chi connectivity index (χ3v) is 6.54. The van der Waals surface area contributed by atoms with Crippen molar-refractivity contribution in [3.63, 3.8) is 0 Å². The number of carbonyl (C=O) groups excluding carboxylic acids is 1. The Hall–Kier alpha value is -2.53. The van der Waals surface area contributed by atoms with E-state index in [0.29, 0.717) is 30.7 Å². The van der Waals surface area contributed by atoms with Gasteiger partial charge in [-0.1, -0.05) is 30.7 Å². The summed E-state index contributed by atoms with van der Waals surface area (Å²) in [5.41, 5.74) is 2.41. The van der Waals surface area contributed by atoms with Crippen molar-refractivity contribution in [1.29, 1.82) is 0 Å². The molecule has 2 aliphatic rings. The number of aryl methyl sites for hydroxylation is 1. The molecule has 0 radical (unpaired) electrons. The van der Waals surface area contributed by atoms with Crippen molar-refractivity contribution in [1.82, 2.24) is 0 Å². The first kappa shape index (κ1) is 18.5. The minimum Gasteiger partial charge on any atom is -0.462 e. The van der Waals surface area contributed by atoms with Gasteiger partial charge in [0.1, 0.15) is 29.2 Å². The molecule has 1 aromatic heterocycles. The molecular weight excluding hydrogens is 366 g/mol. The van der Waals surface area contributed by atoms with Gasteiger partial charge in [0.25, 0.3) is 0 Å². The molecule has 0 bridgehead atoms. The smallest absolute Gasteiger partial charge is 0.342 e. The lowest BCUT2D eigenvalue weighted by atomic mass is 9.92. The molecule has 5 rings (SSSR count). The molecule has 1 aliphatic heterocycles. The minimum atomic E-state index is -0.314. The van der Waals surface area contributed by atoms with Crippen LogP contribution in [-0.4, -0.2) is 25.3 Å². The van der Waals surface area contributed by atoms with Gasteiger partial charge in [-0.05, 0) is 39.5 Å². The standard InChI is InChI=1S/C24H27NO4/c1-3-27-24(26)20-15(2)29-23-18-12-8-7-11-17(18)22-19(21(20)23)13-25(14-28-22)16-9-5-4-6-10-16/h7-8,11-12,16H,3-6,9-10,13-14H2,1-2H3/p+1. The van der Waals surface area contributed by atoms with E-state index in [2.05, 4.69) is 6.07 Å². The zero-order chi connectivity index (χ0) is 20.0. The van der Waals surface area contributed by atoms with Crippen molar-refractivity contribution in [3.05, 3.63) is 41.2 Å². The zero-order valence-corrected chi connectivity index (χ0v) is 17.2. The van der Waals surface area contributed by atoms with Crippen molar-refractivity contribution in [2.24, 2.45) is 0 Å². The van der Waals surface area contributed by atoms with Crippen LogP contribution >= 0.6 is 0 Å². The van der Waals surface area contributed by atoms with Crippen molar-refractivity contribution in [3.8, 4) is 5.75 Å². The molecule has 1 aliphatic carbocycles. The van der Waals surface area contributed by atoms with Gasteiger partial charge in [-0.15, -0.1) is 0 Å². The number of nitrogens with one attached hydrogen (secondary N) is 1. The summed E-state index contributed by atoms with van der Waals surface area (Å²) in [4.78, 5) is 14.3. The summed E-state index contributed by atoms with van der Waals surface area (Å²) in [5.74, 6) is 1.20. The summed E-state index contributed by atoms with van der Waals surface area (Å²) in [5, 5.41) is 2.92. The third kappa shape index (κ3) is 2.99. The van der Waals surface area contributed by atoms with Gasteiger partial charge in [-0.25, -0.2) is 4.79 Å². The third-order valence-electron chi connectivity index (χ3n) is 6.54. The number of benzene rings is 2. The van der Waals surface area contributed by atoms with Gasteiger partial charge in [0.15, 0.2) is 0 Å². The number of carbonyl (C=O) groups is 1. The fourth-order valence-corrected chi connectivity index (χ4v) is 5.18. The molecule has 1 saturated carbocycles. The van der Waals surface area contributed by atoms with Crippen LogP contribution in [0.15, 0.2) is 28.7 Å². The van der Waals surface area contributed by atoms with E-state index in [1.165, 1.54) is 37.0 Å². The Bertz CT molecular complexity index is 1080. The number of quaternary nitrogens is 1. The topological polar surface area (TPSA) is 53.1 Å². The molecule has 1 atom stereocenters. The highest BCUT2D eigenvalue weighted by Crippen LogP contribution is 2.42. The summed E-state index contributed by atoms with van der Waals surface area (Å²) in [7, 11) is 0. The summed E-state index contributed by atoms with van der Waals surface area (Å²) < 4.78 is 17.9. The first-order valence-electron chi connectivity index (χ1n) is 10.8. The lowest BCUT2D eigenvalue weighted by molar-refractivity contribution is -0.957. The Kier molecular flexibility index (Phi) is 4.70. The second kappa shape index (κ2) is 7.38. The maximum Gasteiger partial charge on any atom is 0.342 e. The molecule has 0 spiro atoms. The van der Waals surface area contributed by atoms with Crippen LogP contribution in [0.3, 0.4) is 0 Å². The Morgan fingerprint density at radius 3 is 2.69 bits per heavy atom.